The van der Waals surface area contributed by atoms with Crippen molar-refractivity contribution in [1.29, 1.82) is 0 Å². The molecule has 1 rings (SSSR count). The second kappa shape index (κ2) is 11.3. The van der Waals surface area contributed by atoms with Gasteiger partial charge in [-0.15, -0.1) is 0 Å². The quantitative estimate of drug-likeness (QED) is 0.334. The van der Waals surface area contributed by atoms with Gasteiger partial charge in [-0.3, -0.25) is 0 Å². The van der Waals surface area contributed by atoms with Crippen molar-refractivity contribution >= 4 is 10.9 Å². The molecule has 0 heterocycles. The second-order valence-corrected chi connectivity index (χ2v) is 7.97. The zero-order valence-electron chi connectivity index (χ0n) is 14.1. The summed E-state index contributed by atoms with van der Waals surface area (Å²) in [5.41, 5.74) is 1.37. The maximum absolute atomic E-state index is 9.19. The van der Waals surface area contributed by atoms with E-state index >= 15 is 0 Å². The summed E-state index contributed by atoms with van der Waals surface area (Å²) in [7, 11) is -3.48. The van der Waals surface area contributed by atoms with Gasteiger partial charge in [0.25, 0.3) is 0 Å². The molecule has 0 saturated carbocycles. The summed E-state index contributed by atoms with van der Waals surface area (Å²) >= 11 is 0. The molecular weight excluding hydrogens is 296 g/mol. The molecule has 130 valence electrons. The molecule has 0 aromatic carbocycles. The Hall–Kier alpha value is -0.290. The lowest BCUT2D eigenvalue weighted by atomic mass is 9.98. The van der Waals surface area contributed by atoms with Gasteiger partial charge in [0.05, 0.1) is 0 Å². The highest BCUT2D eigenvalue weighted by Crippen LogP contribution is 2.47. The first-order valence-corrected chi connectivity index (χ1v) is 10.4. The van der Waals surface area contributed by atoms with E-state index in [1.54, 1.807) is 6.08 Å². The smallest absolute Gasteiger partial charge is 0.108 e. The van der Waals surface area contributed by atoms with Crippen LogP contribution in [0.25, 0.3) is 0 Å². The minimum absolute atomic E-state index is 0.374. The predicted octanol–water partition coefficient (Wildman–Crippen LogP) is 7.13. The van der Waals surface area contributed by atoms with E-state index in [4.69, 9.17) is 0 Å². The van der Waals surface area contributed by atoms with Crippen molar-refractivity contribution in [1.82, 2.24) is 0 Å². The highest BCUT2D eigenvalue weighted by Gasteiger charge is 2.20. The Bertz CT molecular complexity index is 356. The van der Waals surface area contributed by atoms with E-state index in [1.807, 2.05) is 6.08 Å². The molecule has 0 amide bonds. The largest absolute Gasteiger partial charge is 0.305 e. The van der Waals surface area contributed by atoms with Crippen molar-refractivity contribution in [3.63, 3.8) is 0 Å². The predicted molar refractivity (Wildman–Crippen MR) is 97.3 cm³/mol. The van der Waals surface area contributed by atoms with Gasteiger partial charge in [-0.25, -0.2) is 0 Å². The average Bonchev–Trinajstić information content (AvgIpc) is 2.49. The molecule has 0 radical (unpaired) electrons. The molecule has 0 atom stereocenters. The van der Waals surface area contributed by atoms with Crippen molar-refractivity contribution in [2.75, 3.05) is 0 Å². The number of hydrogen-bond donors (Lipinski definition) is 3. The average molecular weight is 331 g/mol. The molecule has 0 aromatic rings. The van der Waals surface area contributed by atoms with Crippen LogP contribution in [0.4, 0.5) is 0 Å². The van der Waals surface area contributed by atoms with Gasteiger partial charge in [-0.05, 0) is 31.8 Å². The summed E-state index contributed by atoms with van der Waals surface area (Å²) in [5.74, 6) is 0. The van der Waals surface area contributed by atoms with Crippen LogP contribution in [0.15, 0.2) is 22.6 Å². The Morgan fingerprint density at radius 3 is 1.77 bits per heavy atom. The van der Waals surface area contributed by atoms with E-state index in [0.717, 1.165) is 12.8 Å². The maximum Gasteiger partial charge on any atom is 0.108 e. The van der Waals surface area contributed by atoms with Crippen molar-refractivity contribution < 1.29 is 13.7 Å². The Labute approximate surface area is 138 Å². The third-order valence-corrected chi connectivity index (χ3v) is 5.44. The lowest BCUT2D eigenvalue weighted by molar-refractivity contribution is 0.383. The molecule has 0 saturated heterocycles. The zero-order chi connectivity index (χ0) is 16.3. The van der Waals surface area contributed by atoms with Gasteiger partial charge in [-0.2, -0.15) is 0 Å². The lowest BCUT2D eigenvalue weighted by Gasteiger charge is -2.25. The van der Waals surface area contributed by atoms with E-state index in [1.165, 1.54) is 69.8 Å². The van der Waals surface area contributed by atoms with Crippen LogP contribution in [0.5, 0.6) is 0 Å². The maximum atomic E-state index is 9.19. The van der Waals surface area contributed by atoms with E-state index in [2.05, 4.69) is 6.92 Å². The highest BCUT2D eigenvalue weighted by molar-refractivity contribution is 8.22. The van der Waals surface area contributed by atoms with Gasteiger partial charge in [-0.1, -0.05) is 76.4 Å². The first kappa shape index (κ1) is 19.8. The fraction of sp³-hybridized carbons (Fsp3) is 0.778. The summed E-state index contributed by atoms with van der Waals surface area (Å²) in [5, 5.41) is 0. The monoisotopic (exact) mass is 330 g/mol. The normalized spacial score (nSPS) is 16.4. The molecule has 0 aliphatic heterocycles. The van der Waals surface area contributed by atoms with Crippen LogP contribution in [0.3, 0.4) is 0 Å². The third-order valence-electron chi connectivity index (χ3n) is 4.40. The standard InChI is InChI=1S/C18H34O3S/c1-2-3-4-5-6-7-8-9-10-11-12-17-13-15-18(16-14-17)22(19,20)21/h13,15,19-21H,2-12,14,16H2,1H3. The third kappa shape index (κ3) is 8.99. The van der Waals surface area contributed by atoms with E-state index in [0.29, 0.717) is 11.3 Å². The minimum Gasteiger partial charge on any atom is -0.305 e. The molecule has 1 aliphatic rings. The molecule has 0 unspecified atom stereocenters. The van der Waals surface area contributed by atoms with Crippen LogP contribution in [-0.2, 0) is 0 Å². The van der Waals surface area contributed by atoms with Crippen molar-refractivity contribution in [3.8, 4) is 0 Å². The van der Waals surface area contributed by atoms with E-state index in [-0.39, 0.29) is 0 Å². The number of allylic oxidation sites excluding steroid dienone is 4. The Morgan fingerprint density at radius 2 is 1.32 bits per heavy atom. The summed E-state index contributed by atoms with van der Waals surface area (Å²) in [6, 6.07) is 0. The first-order valence-electron chi connectivity index (χ1n) is 8.93. The van der Waals surface area contributed by atoms with Crippen LogP contribution in [0, 0.1) is 0 Å². The van der Waals surface area contributed by atoms with Crippen LogP contribution in [0.2, 0.25) is 0 Å². The van der Waals surface area contributed by atoms with Crippen LogP contribution >= 0.6 is 10.9 Å². The Morgan fingerprint density at radius 1 is 0.773 bits per heavy atom. The topological polar surface area (TPSA) is 60.7 Å². The molecule has 0 fully saturated rings. The molecule has 1 aliphatic carbocycles. The summed E-state index contributed by atoms with van der Waals surface area (Å²) in [4.78, 5) is 0.374. The van der Waals surface area contributed by atoms with Gasteiger partial charge < -0.3 is 13.7 Å². The summed E-state index contributed by atoms with van der Waals surface area (Å²) in [6.45, 7) is 2.26. The van der Waals surface area contributed by atoms with Crippen molar-refractivity contribution in [3.05, 3.63) is 22.6 Å². The van der Waals surface area contributed by atoms with Crippen molar-refractivity contribution in [2.45, 2.75) is 90.4 Å². The van der Waals surface area contributed by atoms with Gasteiger partial charge in [0.2, 0.25) is 0 Å². The zero-order valence-corrected chi connectivity index (χ0v) is 14.9. The Balaban J connectivity index is 2.00. The fourth-order valence-corrected chi connectivity index (χ4v) is 3.56. The lowest BCUT2D eigenvalue weighted by Crippen LogP contribution is -2.03. The van der Waals surface area contributed by atoms with Gasteiger partial charge in [0.15, 0.2) is 0 Å². The minimum atomic E-state index is -3.48. The molecule has 0 bridgehead atoms. The fourth-order valence-electron chi connectivity index (χ4n) is 2.94. The summed E-state index contributed by atoms with van der Waals surface area (Å²) < 4.78 is 27.6. The molecule has 4 heteroatoms. The molecule has 3 N–H and O–H groups in total. The Kier molecular flexibility index (Phi) is 10.1. The highest BCUT2D eigenvalue weighted by atomic mass is 32.3. The molecule has 22 heavy (non-hydrogen) atoms. The van der Waals surface area contributed by atoms with E-state index < -0.39 is 10.9 Å². The second-order valence-electron chi connectivity index (χ2n) is 6.41. The molecule has 0 aromatic heterocycles. The van der Waals surface area contributed by atoms with Crippen LogP contribution in [0.1, 0.15) is 90.4 Å². The van der Waals surface area contributed by atoms with Gasteiger partial charge >= 0.3 is 0 Å². The van der Waals surface area contributed by atoms with Crippen LogP contribution in [-0.4, -0.2) is 13.7 Å². The number of unbranched alkanes of at least 4 members (excludes halogenated alkanes) is 9. The molecule has 3 nitrogen and oxygen atoms in total. The van der Waals surface area contributed by atoms with Crippen molar-refractivity contribution in [2.24, 2.45) is 0 Å². The summed E-state index contributed by atoms with van der Waals surface area (Å²) in [6.07, 6.45) is 19.7. The molecular formula is C18H34O3S. The molecule has 0 spiro atoms. The van der Waals surface area contributed by atoms with Gasteiger partial charge in [0, 0.05) is 4.91 Å². The number of rotatable bonds is 12. The number of hydrogen-bond acceptors (Lipinski definition) is 3. The first-order chi connectivity index (χ1) is 10.5. The van der Waals surface area contributed by atoms with Gasteiger partial charge in [0.1, 0.15) is 10.9 Å². The van der Waals surface area contributed by atoms with Crippen LogP contribution < -0.4 is 0 Å². The SMILES string of the molecule is CCCCCCCCCCCCC1=CC=C(S(O)(O)O)CC1. The van der Waals surface area contributed by atoms with E-state index in [9.17, 15) is 13.7 Å².